The van der Waals surface area contributed by atoms with E-state index in [1.807, 2.05) is 36.4 Å². The minimum atomic E-state index is 0.124. The van der Waals surface area contributed by atoms with Crippen molar-refractivity contribution in [3.8, 4) is 11.3 Å². The number of nitrogens with zero attached hydrogens (tertiary/aromatic N) is 4. The Morgan fingerprint density at radius 3 is 3.04 bits per heavy atom. The first-order valence-electron chi connectivity index (χ1n) is 8.51. The van der Waals surface area contributed by atoms with Gasteiger partial charge in [0.15, 0.2) is 0 Å². The van der Waals surface area contributed by atoms with E-state index in [2.05, 4.69) is 27.3 Å². The maximum Gasteiger partial charge on any atom is 0.254 e. The number of hydrogen-bond donors (Lipinski definition) is 1. The van der Waals surface area contributed by atoms with Crippen molar-refractivity contribution in [2.24, 2.45) is 0 Å². The van der Waals surface area contributed by atoms with E-state index in [4.69, 9.17) is 9.47 Å². The van der Waals surface area contributed by atoms with Crippen LogP contribution in [0.2, 0.25) is 0 Å². The third-order valence-corrected chi connectivity index (χ3v) is 4.19. The van der Waals surface area contributed by atoms with E-state index in [0.29, 0.717) is 19.0 Å². The summed E-state index contributed by atoms with van der Waals surface area (Å²) in [5.41, 5.74) is 1.91. The Labute approximate surface area is 146 Å². The van der Waals surface area contributed by atoms with Gasteiger partial charge in [-0.25, -0.2) is 4.98 Å². The number of benzene rings is 1. The van der Waals surface area contributed by atoms with Crippen LogP contribution in [0.5, 0.6) is 0 Å². The molecule has 0 spiro atoms. The minimum Gasteiger partial charge on any atom is -0.379 e. The Balaban J connectivity index is 1.54. The highest BCUT2D eigenvalue weighted by Crippen LogP contribution is 2.21. The van der Waals surface area contributed by atoms with Gasteiger partial charge in [-0.1, -0.05) is 30.3 Å². The van der Waals surface area contributed by atoms with E-state index >= 15 is 0 Å². The average molecular weight is 339 g/mol. The van der Waals surface area contributed by atoms with Crippen LogP contribution in [0, 0.1) is 0 Å². The molecular formula is C18H21N5O2. The molecule has 2 aromatic heterocycles. The summed E-state index contributed by atoms with van der Waals surface area (Å²) >= 11 is 0. The van der Waals surface area contributed by atoms with Crippen molar-refractivity contribution in [3.63, 3.8) is 0 Å². The molecule has 1 aliphatic heterocycles. The molecule has 1 N–H and O–H groups in total. The molecule has 2 unspecified atom stereocenters. The zero-order chi connectivity index (χ0) is 17.1. The average Bonchev–Trinajstić information content (AvgIpc) is 3.32. The summed E-state index contributed by atoms with van der Waals surface area (Å²) in [5.74, 6) is 1.42. The third kappa shape index (κ3) is 3.62. The number of nitrogens with one attached hydrogen (secondary N) is 1. The third-order valence-electron chi connectivity index (χ3n) is 4.19. The molecule has 2 atom stereocenters. The first kappa shape index (κ1) is 16.0. The van der Waals surface area contributed by atoms with Crippen molar-refractivity contribution in [2.75, 3.05) is 25.1 Å². The highest BCUT2D eigenvalue weighted by atomic mass is 16.5. The van der Waals surface area contributed by atoms with Gasteiger partial charge in [0, 0.05) is 24.3 Å². The van der Waals surface area contributed by atoms with Crippen LogP contribution in [-0.4, -0.2) is 51.5 Å². The number of aromatic nitrogens is 4. The quantitative estimate of drug-likeness (QED) is 0.743. The zero-order valence-corrected chi connectivity index (χ0v) is 14.1. The van der Waals surface area contributed by atoms with Crippen LogP contribution < -0.4 is 5.32 Å². The lowest BCUT2D eigenvalue weighted by Crippen LogP contribution is -2.27. The molecule has 1 aliphatic rings. The SMILES string of the molecule is CC(COC1CCOC1)Nc1cc(-c2ccccc2)nc2ncnn12. The van der Waals surface area contributed by atoms with Gasteiger partial charge < -0.3 is 14.8 Å². The molecule has 0 bridgehead atoms. The second kappa shape index (κ2) is 7.16. The summed E-state index contributed by atoms with van der Waals surface area (Å²) < 4.78 is 13.0. The molecule has 0 amide bonds. The van der Waals surface area contributed by atoms with Crippen LogP contribution in [0.1, 0.15) is 13.3 Å². The largest absolute Gasteiger partial charge is 0.379 e. The molecule has 130 valence electrons. The van der Waals surface area contributed by atoms with Gasteiger partial charge in [-0.3, -0.25) is 0 Å². The molecule has 1 aromatic carbocycles. The molecule has 3 aromatic rings. The zero-order valence-electron chi connectivity index (χ0n) is 14.1. The van der Waals surface area contributed by atoms with Crippen molar-refractivity contribution in [3.05, 3.63) is 42.7 Å². The fourth-order valence-electron chi connectivity index (χ4n) is 2.89. The van der Waals surface area contributed by atoms with Crippen LogP contribution in [0.25, 0.3) is 17.0 Å². The topological polar surface area (TPSA) is 73.6 Å². The summed E-state index contributed by atoms with van der Waals surface area (Å²) in [4.78, 5) is 8.82. The van der Waals surface area contributed by atoms with Gasteiger partial charge in [-0.2, -0.15) is 14.6 Å². The van der Waals surface area contributed by atoms with E-state index in [1.165, 1.54) is 6.33 Å². The van der Waals surface area contributed by atoms with Crippen molar-refractivity contribution in [1.29, 1.82) is 0 Å². The molecule has 0 radical (unpaired) electrons. The summed E-state index contributed by atoms with van der Waals surface area (Å²) in [6.45, 7) is 4.17. The van der Waals surface area contributed by atoms with Gasteiger partial charge in [0.1, 0.15) is 12.1 Å². The van der Waals surface area contributed by atoms with E-state index in [-0.39, 0.29) is 12.1 Å². The number of hydrogen-bond acceptors (Lipinski definition) is 6. The molecule has 7 heteroatoms. The van der Waals surface area contributed by atoms with Gasteiger partial charge in [0.25, 0.3) is 5.78 Å². The lowest BCUT2D eigenvalue weighted by Gasteiger charge is -2.18. The number of ether oxygens (including phenoxy) is 2. The first-order chi connectivity index (χ1) is 12.3. The molecule has 4 rings (SSSR count). The Kier molecular flexibility index (Phi) is 4.58. The van der Waals surface area contributed by atoms with E-state index < -0.39 is 0 Å². The Hall–Kier alpha value is -2.51. The van der Waals surface area contributed by atoms with Crippen molar-refractivity contribution < 1.29 is 9.47 Å². The number of anilines is 1. The van der Waals surface area contributed by atoms with Crippen LogP contribution >= 0.6 is 0 Å². The van der Waals surface area contributed by atoms with Crippen molar-refractivity contribution >= 4 is 11.6 Å². The van der Waals surface area contributed by atoms with Crippen molar-refractivity contribution in [1.82, 2.24) is 19.6 Å². The van der Waals surface area contributed by atoms with Crippen LogP contribution in [0.4, 0.5) is 5.82 Å². The second-order valence-electron chi connectivity index (χ2n) is 6.23. The Morgan fingerprint density at radius 1 is 1.36 bits per heavy atom. The Morgan fingerprint density at radius 2 is 2.24 bits per heavy atom. The maximum atomic E-state index is 5.90. The van der Waals surface area contributed by atoms with E-state index in [9.17, 15) is 0 Å². The molecule has 7 nitrogen and oxygen atoms in total. The first-order valence-corrected chi connectivity index (χ1v) is 8.51. The summed E-state index contributed by atoms with van der Waals surface area (Å²) in [5, 5.41) is 7.72. The second-order valence-corrected chi connectivity index (χ2v) is 6.23. The molecule has 1 fully saturated rings. The summed E-state index contributed by atoms with van der Waals surface area (Å²) in [6, 6.07) is 12.2. The van der Waals surface area contributed by atoms with E-state index in [1.54, 1.807) is 4.52 Å². The highest BCUT2D eigenvalue weighted by molar-refractivity contribution is 5.65. The van der Waals surface area contributed by atoms with Crippen LogP contribution in [0.3, 0.4) is 0 Å². The fraction of sp³-hybridized carbons (Fsp3) is 0.389. The Bertz CT molecular complexity index is 830. The smallest absolute Gasteiger partial charge is 0.254 e. The van der Waals surface area contributed by atoms with Gasteiger partial charge in [-0.15, -0.1) is 0 Å². The number of fused-ring (bicyclic) bond motifs is 1. The molecule has 3 heterocycles. The maximum absolute atomic E-state index is 5.90. The summed E-state index contributed by atoms with van der Waals surface area (Å²) in [7, 11) is 0. The predicted molar refractivity (Wildman–Crippen MR) is 94.5 cm³/mol. The minimum absolute atomic E-state index is 0.124. The van der Waals surface area contributed by atoms with Crippen molar-refractivity contribution in [2.45, 2.75) is 25.5 Å². The lowest BCUT2D eigenvalue weighted by molar-refractivity contribution is 0.0394. The molecule has 1 saturated heterocycles. The normalized spacial score (nSPS) is 18.5. The number of rotatable bonds is 6. The van der Waals surface area contributed by atoms with Gasteiger partial charge >= 0.3 is 0 Å². The predicted octanol–water partition coefficient (Wildman–Crippen LogP) is 2.40. The molecule has 0 saturated carbocycles. The highest BCUT2D eigenvalue weighted by Gasteiger charge is 2.18. The summed E-state index contributed by atoms with van der Waals surface area (Å²) in [6.07, 6.45) is 2.68. The molecule has 0 aliphatic carbocycles. The van der Waals surface area contributed by atoms with Crippen LogP contribution in [-0.2, 0) is 9.47 Å². The molecule has 25 heavy (non-hydrogen) atoms. The van der Waals surface area contributed by atoms with Crippen LogP contribution in [0.15, 0.2) is 42.7 Å². The standard InChI is InChI=1S/C18H21N5O2/c1-13(10-25-15-7-8-24-11-15)21-17-9-16(14-5-3-2-4-6-14)22-18-19-12-20-23(17)18/h2-6,9,12-13,15,21H,7-8,10-11H2,1H3. The molecular weight excluding hydrogens is 318 g/mol. The van der Waals surface area contributed by atoms with Gasteiger partial charge in [0.05, 0.1) is 25.0 Å². The van der Waals surface area contributed by atoms with Gasteiger partial charge in [0.2, 0.25) is 0 Å². The fourth-order valence-corrected chi connectivity index (χ4v) is 2.89. The van der Waals surface area contributed by atoms with E-state index in [0.717, 1.165) is 30.1 Å². The lowest BCUT2D eigenvalue weighted by atomic mass is 10.1. The monoisotopic (exact) mass is 339 g/mol. The van der Waals surface area contributed by atoms with Gasteiger partial charge in [-0.05, 0) is 13.3 Å².